The first-order valence-electron chi connectivity index (χ1n) is 5.65. The molecule has 1 aromatic rings. The summed E-state index contributed by atoms with van der Waals surface area (Å²) in [5, 5.41) is 3.22. The van der Waals surface area contributed by atoms with Gasteiger partial charge in [-0.25, -0.2) is 0 Å². The van der Waals surface area contributed by atoms with Crippen molar-refractivity contribution in [1.82, 2.24) is 0 Å². The fourth-order valence-electron chi connectivity index (χ4n) is 1.44. The van der Waals surface area contributed by atoms with Gasteiger partial charge in [-0.15, -0.1) is 0 Å². The highest BCUT2D eigenvalue weighted by Crippen LogP contribution is 2.22. The highest BCUT2D eigenvalue weighted by Gasteiger charge is 2.07. The van der Waals surface area contributed by atoms with Crippen molar-refractivity contribution in [3.8, 4) is 0 Å². The molecular weight excluding hydrogens is 254 g/mol. The number of rotatable bonds is 5. The Morgan fingerprint density at radius 3 is 2.72 bits per heavy atom. The molecule has 1 N–H and O–H groups in total. The molecule has 0 bridgehead atoms. The molecule has 0 aliphatic heterocycles. The second-order valence-electron chi connectivity index (χ2n) is 3.96. The van der Waals surface area contributed by atoms with Crippen molar-refractivity contribution in [2.24, 2.45) is 0 Å². The van der Waals surface area contributed by atoms with Gasteiger partial charge in [0.2, 0.25) is 5.91 Å². The average Bonchev–Trinajstić information content (AvgIpc) is 2.33. The number of carbonyl (C=O) groups excluding carboxylic acids is 2. The minimum Gasteiger partial charge on any atom is -0.469 e. The van der Waals surface area contributed by atoms with Crippen LogP contribution in [0.15, 0.2) is 18.2 Å². The maximum atomic E-state index is 11.6. The molecule has 1 rings (SSSR count). The lowest BCUT2D eigenvalue weighted by Crippen LogP contribution is -2.12. The van der Waals surface area contributed by atoms with E-state index in [2.05, 4.69) is 10.1 Å². The number of halogens is 1. The number of benzene rings is 1. The van der Waals surface area contributed by atoms with Gasteiger partial charge in [0.15, 0.2) is 0 Å². The van der Waals surface area contributed by atoms with Crippen LogP contribution in [0, 0.1) is 6.92 Å². The standard InChI is InChI=1S/C13H16ClNO3/c1-9-6-7-10(14)11(8-9)15-12(16)4-3-5-13(17)18-2/h6-8H,3-5H2,1-2H3,(H,15,16). The van der Waals surface area contributed by atoms with Gasteiger partial charge < -0.3 is 10.1 Å². The van der Waals surface area contributed by atoms with Crippen molar-refractivity contribution in [3.63, 3.8) is 0 Å². The molecular formula is C13H16ClNO3. The fourth-order valence-corrected chi connectivity index (χ4v) is 1.61. The summed E-state index contributed by atoms with van der Waals surface area (Å²) in [6.07, 6.45) is 0.965. The van der Waals surface area contributed by atoms with E-state index in [1.54, 1.807) is 12.1 Å². The minimum atomic E-state index is -0.309. The number of hydrogen-bond acceptors (Lipinski definition) is 3. The normalized spacial score (nSPS) is 9.94. The van der Waals surface area contributed by atoms with Crippen LogP contribution >= 0.6 is 11.6 Å². The van der Waals surface area contributed by atoms with Crippen LogP contribution in [0.3, 0.4) is 0 Å². The second-order valence-corrected chi connectivity index (χ2v) is 4.37. The van der Waals surface area contributed by atoms with Gasteiger partial charge in [0.1, 0.15) is 0 Å². The lowest BCUT2D eigenvalue weighted by atomic mass is 10.2. The fraction of sp³-hybridized carbons (Fsp3) is 0.385. The van der Waals surface area contributed by atoms with Crippen LogP contribution in [0.4, 0.5) is 5.69 Å². The Labute approximate surface area is 111 Å². The molecule has 0 saturated heterocycles. The highest BCUT2D eigenvalue weighted by atomic mass is 35.5. The van der Waals surface area contributed by atoms with Gasteiger partial charge in [0.05, 0.1) is 17.8 Å². The lowest BCUT2D eigenvalue weighted by molar-refractivity contribution is -0.140. The van der Waals surface area contributed by atoms with Crippen LogP contribution in [-0.2, 0) is 14.3 Å². The van der Waals surface area contributed by atoms with Crippen LogP contribution in [-0.4, -0.2) is 19.0 Å². The molecule has 0 atom stereocenters. The summed E-state index contributed by atoms with van der Waals surface area (Å²) in [6.45, 7) is 1.92. The Balaban J connectivity index is 2.44. The Morgan fingerprint density at radius 2 is 2.06 bits per heavy atom. The van der Waals surface area contributed by atoms with Crippen LogP contribution in [0.2, 0.25) is 5.02 Å². The van der Waals surface area contributed by atoms with Crippen molar-refractivity contribution in [2.45, 2.75) is 26.2 Å². The minimum absolute atomic E-state index is 0.161. The topological polar surface area (TPSA) is 55.4 Å². The summed E-state index contributed by atoms with van der Waals surface area (Å²) in [5.74, 6) is -0.470. The number of ether oxygens (including phenoxy) is 1. The predicted molar refractivity (Wildman–Crippen MR) is 70.7 cm³/mol. The zero-order valence-electron chi connectivity index (χ0n) is 10.5. The van der Waals surface area contributed by atoms with Crippen LogP contribution in [0.5, 0.6) is 0 Å². The van der Waals surface area contributed by atoms with Gasteiger partial charge in [-0.1, -0.05) is 17.7 Å². The molecule has 0 saturated carbocycles. The number of anilines is 1. The molecule has 0 radical (unpaired) electrons. The van der Waals surface area contributed by atoms with E-state index in [0.717, 1.165) is 5.56 Å². The van der Waals surface area contributed by atoms with E-state index in [-0.39, 0.29) is 24.7 Å². The first-order chi connectivity index (χ1) is 8.52. The molecule has 0 aliphatic carbocycles. The monoisotopic (exact) mass is 269 g/mol. The lowest BCUT2D eigenvalue weighted by Gasteiger charge is -2.07. The summed E-state index contributed by atoms with van der Waals surface area (Å²) in [4.78, 5) is 22.5. The van der Waals surface area contributed by atoms with Crippen LogP contribution in [0.1, 0.15) is 24.8 Å². The van der Waals surface area contributed by atoms with Gasteiger partial charge in [-0.2, -0.15) is 0 Å². The van der Waals surface area contributed by atoms with Crippen molar-refractivity contribution in [1.29, 1.82) is 0 Å². The molecule has 4 nitrogen and oxygen atoms in total. The van der Waals surface area contributed by atoms with Gasteiger partial charge >= 0.3 is 5.97 Å². The molecule has 5 heteroatoms. The van der Waals surface area contributed by atoms with E-state index in [0.29, 0.717) is 17.1 Å². The number of aryl methyl sites for hydroxylation is 1. The first kappa shape index (κ1) is 14.5. The molecule has 0 fully saturated rings. The van der Waals surface area contributed by atoms with Crippen LogP contribution < -0.4 is 5.32 Å². The van der Waals surface area contributed by atoms with Crippen molar-refractivity contribution >= 4 is 29.2 Å². The summed E-state index contributed by atoms with van der Waals surface area (Å²) in [5.41, 5.74) is 1.61. The van der Waals surface area contributed by atoms with E-state index >= 15 is 0 Å². The molecule has 0 aliphatic rings. The number of methoxy groups -OCH3 is 1. The maximum Gasteiger partial charge on any atom is 0.305 e. The first-order valence-corrected chi connectivity index (χ1v) is 6.03. The molecule has 1 amide bonds. The van der Waals surface area contributed by atoms with E-state index in [9.17, 15) is 9.59 Å². The Morgan fingerprint density at radius 1 is 1.33 bits per heavy atom. The zero-order valence-corrected chi connectivity index (χ0v) is 11.2. The van der Waals surface area contributed by atoms with Crippen molar-refractivity contribution in [2.75, 3.05) is 12.4 Å². The van der Waals surface area contributed by atoms with E-state index in [1.165, 1.54) is 7.11 Å². The third-order valence-electron chi connectivity index (χ3n) is 2.41. The third kappa shape index (κ3) is 4.75. The molecule has 98 valence electrons. The summed E-state index contributed by atoms with van der Waals surface area (Å²) in [7, 11) is 1.33. The second kappa shape index (κ2) is 7.01. The summed E-state index contributed by atoms with van der Waals surface area (Å²) in [6, 6.07) is 5.41. The zero-order chi connectivity index (χ0) is 13.5. The van der Waals surface area contributed by atoms with E-state index < -0.39 is 0 Å². The average molecular weight is 270 g/mol. The molecule has 1 aromatic carbocycles. The predicted octanol–water partition coefficient (Wildman–Crippen LogP) is 2.93. The Bertz CT molecular complexity index is 446. The van der Waals surface area contributed by atoms with Gasteiger partial charge in [0, 0.05) is 12.8 Å². The Kier molecular flexibility index (Phi) is 5.65. The van der Waals surface area contributed by atoms with E-state index in [4.69, 9.17) is 11.6 Å². The maximum absolute atomic E-state index is 11.6. The quantitative estimate of drug-likeness (QED) is 0.836. The molecule has 0 spiro atoms. The number of hydrogen-bond donors (Lipinski definition) is 1. The van der Waals surface area contributed by atoms with Gasteiger partial charge in [-0.3, -0.25) is 9.59 Å². The summed E-state index contributed by atoms with van der Waals surface area (Å²) >= 11 is 5.96. The number of carbonyl (C=O) groups is 2. The molecule has 18 heavy (non-hydrogen) atoms. The number of amides is 1. The SMILES string of the molecule is COC(=O)CCCC(=O)Nc1cc(C)ccc1Cl. The third-order valence-corrected chi connectivity index (χ3v) is 2.74. The van der Waals surface area contributed by atoms with Crippen LogP contribution in [0.25, 0.3) is 0 Å². The van der Waals surface area contributed by atoms with Gasteiger partial charge in [-0.05, 0) is 31.0 Å². The van der Waals surface area contributed by atoms with Crippen molar-refractivity contribution in [3.05, 3.63) is 28.8 Å². The molecule has 0 unspecified atom stereocenters. The molecule has 0 aromatic heterocycles. The van der Waals surface area contributed by atoms with E-state index in [1.807, 2.05) is 13.0 Å². The van der Waals surface area contributed by atoms with Gasteiger partial charge in [0.25, 0.3) is 0 Å². The number of nitrogens with one attached hydrogen (secondary N) is 1. The summed E-state index contributed by atoms with van der Waals surface area (Å²) < 4.78 is 4.49. The smallest absolute Gasteiger partial charge is 0.305 e. The molecule has 0 heterocycles. The highest BCUT2D eigenvalue weighted by molar-refractivity contribution is 6.33. The Hall–Kier alpha value is -1.55. The van der Waals surface area contributed by atoms with Crippen molar-refractivity contribution < 1.29 is 14.3 Å². The largest absolute Gasteiger partial charge is 0.469 e. The number of esters is 1.